The lowest BCUT2D eigenvalue weighted by molar-refractivity contribution is -0.124. The summed E-state index contributed by atoms with van der Waals surface area (Å²) in [6.45, 7) is 5.86. The molecule has 1 N–H and O–H groups in total. The van der Waals surface area contributed by atoms with Crippen LogP contribution in [0.15, 0.2) is 39.7 Å². The molecule has 0 aromatic carbocycles. The molecule has 1 atom stereocenters. The van der Waals surface area contributed by atoms with Gasteiger partial charge in [0, 0.05) is 10.9 Å². The van der Waals surface area contributed by atoms with Gasteiger partial charge in [-0.3, -0.25) is 9.59 Å². The van der Waals surface area contributed by atoms with Crippen LogP contribution in [0.1, 0.15) is 28.5 Å². The van der Waals surface area contributed by atoms with E-state index < -0.39 is 6.04 Å². The van der Waals surface area contributed by atoms with E-state index in [0.29, 0.717) is 18.0 Å². The summed E-state index contributed by atoms with van der Waals surface area (Å²) in [5.74, 6) is 0.258. The van der Waals surface area contributed by atoms with Crippen LogP contribution in [0.2, 0.25) is 0 Å². The van der Waals surface area contributed by atoms with Gasteiger partial charge in [0.25, 0.3) is 5.56 Å². The molecule has 130 valence electrons. The number of carbonyl (C=O) groups excluding carboxylic acids is 1. The van der Waals surface area contributed by atoms with E-state index in [4.69, 9.17) is 4.42 Å². The molecule has 0 aliphatic heterocycles. The number of hydrogen-bond acceptors (Lipinski definition) is 6. The molecule has 0 fully saturated rings. The third-order valence-electron chi connectivity index (χ3n) is 3.77. The first kappa shape index (κ1) is 17.1. The smallest absolute Gasteiger partial charge is 0.267 e. The van der Waals surface area contributed by atoms with Gasteiger partial charge in [-0.2, -0.15) is 5.10 Å². The van der Waals surface area contributed by atoms with Crippen LogP contribution in [-0.2, 0) is 11.3 Å². The number of rotatable bonds is 5. The zero-order valence-electron chi connectivity index (χ0n) is 14.1. The van der Waals surface area contributed by atoms with Gasteiger partial charge in [0.1, 0.15) is 11.7 Å². The van der Waals surface area contributed by atoms with Crippen molar-refractivity contribution in [2.45, 2.75) is 33.4 Å². The van der Waals surface area contributed by atoms with Gasteiger partial charge >= 0.3 is 0 Å². The topological polar surface area (TPSA) is 90.0 Å². The molecule has 0 saturated carbocycles. The summed E-state index contributed by atoms with van der Waals surface area (Å²) in [7, 11) is 0. The van der Waals surface area contributed by atoms with Crippen LogP contribution >= 0.6 is 11.3 Å². The largest absolute Gasteiger partial charge is 0.463 e. The minimum absolute atomic E-state index is 0.281. The van der Waals surface area contributed by atoms with Crippen LogP contribution < -0.4 is 10.9 Å². The number of furan rings is 1. The van der Waals surface area contributed by atoms with E-state index in [9.17, 15) is 9.59 Å². The number of carbonyl (C=O) groups is 1. The van der Waals surface area contributed by atoms with Gasteiger partial charge in [-0.1, -0.05) is 0 Å². The molecule has 0 saturated heterocycles. The maximum atomic E-state index is 12.4. The first-order chi connectivity index (χ1) is 12.0. The third-order valence-corrected chi connectivity index (χ3v) is 4.84. The van der Waals surface area contributed by atoms with Crippen molar-refractivity contribution in [3.05, 3.63) is 56.5 Å². The molecule has 7 nitrogen and oxygen atoms in total. The van der Waals surface area contributed by atoms with Crippen LogP contribution in [0.5, 0.6) is 0 Å². The SMILES string of the molecule is Cc1nc(C)c(CNC(=O)C(C)n2nc(-c3ccco3)ccc2=O)s1. The number of nitrogens with one attached hydrogen (secondary N) is 1. The van der Waals surface area contributed by atoms with E-state index in [1.54, 1.807) is 36.5 Å². The Morgan fingerprint density at radius 3 is 2.80 bits per heavy atom. The van der Waals surface area contributed by atoms with Gasteiger partial charge in [-0.05, 0) is 39.0 Å². The van der Waals surface area contributed by atoms with E-state index in [-0.39, 0.29) is 11.5 Å². The summed E-state index contributed by atoms with van der Waals surface area (Å²) in [5, 5.41) is 8.05. The Balaban J connectivity index is 1.76. The monoisotopic (exact) mass is 358 g/mol. The lowest BCUT2D eigenvalue weighted by atomic mass is 10.3. The van der Waals surface area contributed by atoms with Crippen LogP contribution in [0, 0.1) is 13.8 Å². The van der Waals surface area contributed by atoms with E-state index >= 15 is 0 Å². The molecular formula is C17H18N4O3S. The molecule has 0 aliphatic rings. The quantitative estimate of drug-likeness (QED) is 0.757. The van der Waals surface area contributed by atoms with Crippen molar-refractivity contribution < 1.29 is 9.21 Å². The lowest BCUT2D eigenvalue weighted by Crippen LogP contribution is -2.36. The molecule has 8 heteroatoms. The van der Waals surface area contributed by atoms with Gasteiger partial charge in [0.15, 0.2) is 5.76 Å². The van der Waals surface area contributed by atoms with Crippen molar-refractivity contribution in [3.8, 4) is 11.5 Å². The van der Waals surface area contributed by atoms with Crippen molar-refractivity contribution in [2.24, 2.45) is 0 Å². The second-order valence-electron chi connectivity index (χ2n) is 5.61. The molecule has 1 unspecified atom stereocenters. The summed E-state index contributed by atoms with van der Waals surface area (Å²) in [6, 6.07) is 5.70. The highest BCUT2D eigenvalue weighted by Crippen LogP contribution is 2.18. The number of hydrogen-bond donors (Lipinski definition) is 1. The fourth-order valence-corrected chi connectivity index (χ4v) is 3.30. The van der Waals surface area contributed by atoms with E-state index in [1.165, 1.54) is 12.3 Å². The van der Waals surface area contributed by atoms with Crippen molar-refractivity contribution in [3.63, 3.8) is 0 Å². The average Bonchev–Trinajstić information content (AvgIpc) is 3.22. The molecule has 0 radical (unpaired) electrons. The predicted molar refractivity (Wildman–Crippen MR) is 94.3 cm³/mol. The molecule has 3 rings (SSSR count). The van der Waals surface area contributed by atoms with Crippen LogP contribution in [0.3, 0.4) is 0 Å². The Morgan fingerprint density at radius 1 is 1.36 bits per heavy atom. The molecule has 3 aromatic heterocycles. The summed E-state index contributed by atoms with van der Waals surface area (Å²) >= 11 is 1.55. The molecule has 0 aliphatic carbocycles. The molecule has 0 spiro atoms. The minimum atomic E-state index is -0.739. The second kappa shape index (κ2) is 7.02. The zero-order chi connectivity index (χ0) is 18.0. The molecule has 25 heavy (non-hydrogen) atoms. The molecule has 3 aromatic rings. The summed E-state index contributed by atoms with van der Waals surface area (Å²) in [4.78, 5) is 29.9. The first-order valence-corrected chi connectivity index (χ1v) is 8.61. The number of amides is 1. The zero-order valence-corrected chi connectivity index (χ0v) is 15.0. The van der Waals surface area contributed by atoms with Gasteiger partial charge < -0.3 is 9.73 Å². The van der Waals surface area contributed by atoms with Crippen LogP contribution in [0.4, 0.5) is 0 Å². The number of aromatic nitrogens is 3. The first-order valence-electron chi connectivity index (χ1n) is 7.80. The maximum Gasteiger partial charge on any atom is 0.267 e. The predicted octanol–water partition coefficient (Wildman–Crippen LogP) is 2.45. The second-order valence-corrected chi connectivity index (χ2v) is 6.90. The molecule has 0 bridgehead atoms. The fraction of sp³-hybridized carbons (Fsp3) is 0.294. The highest BCUT2D eigenvalue weighted by Gasteiger charge is 2.19. The number of aryl methyl sites for hydroxylation is 2. The van der Waals surface area contributed by atoms with E-state index in [2.05, 4.69) is 15.4 Å². The minimum Gasteiger partial charge on any atom is -0.463 e. The highest BCUT2D eigenvalue weighted by molar-refractivity contribution is 7.11. The standard InChI is InChI=1S/C17H18N4O3S/c1-10-15(25-12(3)19-10)9-18-17(23)11(2)21-16(22)7-6-13(20-21)14-5-4-8-24-14/h4-8,11H,9H2,1-3H3,(H,18,23). The van der Waals surface area contributed by atoms with Crippen molar-refractivity contribution in [1.82, 2.24) is 20.1 Å². The Bertz CT molecular complexity index is 943. The van der Waals surface area contributed by atoms with E-state index in [0.717, 1.165) is 20.3 Å². The fourth-order valence-electron chi connectivity index (χ4n) is 2.42. The van der Waals surface area contributed by atoms with Crippen molar-refractivity contribution >= 4 is 17.2 Å². The average molecular weight is 358 g/mol. The van der Waals surface area contributed by atoms with Gasteiger partial charge in [0.2, 0.25) is 5.91 Å². The Morgan fingerprint density at radius 2 is 2.16 bits per heavy atom. The Hall–Kier alpha value is -2.74. The van der Waals surface area contributed by atoms with Crippen LogP contribution in [0.25, 0.3) is 11.5 Å². The normalized spacial score (nSPS) is 12.1. The van der Waals surface area contributed by atoms with Crippen LogP contribution in [-0.4, -0.2) is 20.7 Å². The summed E-state index contributed by atoms with van der Waals surface area (Å²) in [5.41, 5.74) is 1.06. The van der Waals surface area contributed by atoms with Gasteiger partial charge in [0.05, 0.1) is 23.5 Å². The lowest BCUT2D eigenvalue weighted by Gasteiger charge is -2.14. The van der Waals surface area contributed by atoms with Gasteiger partial charge in [-0.15, -0.1) is 11.3 Å². The Kier molecular flexibility index (Phi) is 4.80. The number of thiazole rings is 1. The molecule has 1 amide bonds. The van der Waals surface area contributed by atoms with Crippen molar-refractivity contribution in [2.75, 3.05) is 0 Å². The Labute approximate surface area is 148 Å². The van der Waals surface area contributed by atoms with E-state index in [1.807, 2.05) is 13.8 Å². The van der Waals surface area contributed by atoms with Gasteiger partial charge in [-0.25, -0.2) is 9.67 Å². The highest BCUT2D eigenvalue weighted by atomic mass is 32.1. The summed E-state index contributed by atoms with van der Waals surface area (Å²) in [6.07, 6.45) is 1.53. The third kappa shape index (κ3) is 3.69. The molecular weight excluding hydrogens is 340 g/mol. The number of nitrogens with zero attached hydrogens (tertiary/aromatic N) is 3. The molecule has 3 heterocycles. The maximum absolute atomic E-state index is 12.4. The summed E-state index contributed by atoms with van der Waals surface area (Å²) < 4.78 is 6.46. The van der Waals surface area contributed by atoms with Crippen molar-refractivity contribution in [1.29, 1.82) is 0 Å².